The molecular weight excluding hydrogens is 352 g/mol. The number of rotatable bonds is 3. The van der Waals surface area contributed by atoms with Crippen molar-refractivity contribution < 1.29 is 17.6 Å². The van der Waals surface area contributed by atoms with Crippen LogP contribution in [0.15, 0.2) is 10.5 Å². The molecule has 6 nitrogen and oxygen atoms in total. The maximum absolute atomic E-state index is 12.8. The first-order valence-corrected chi connectivity index (χ1v) is 11.3. The Bertz CT molecular complexity index is 802. The molecule has 7 heteroatoms. The van der Waals surface area contributed by atoms with Gasteiger partial charge in [0.15, 0.2) is 9.84 Å². The first kappa shape index (κ1) is 18.0. The van der Waals surface area contributed by atoms with Gasteiger partial charge in [-0.25, -0.2) is 8.42 Å². The number of aryl methyl sites for hydroxylation is 2. The number of likely N-dealkylation sites (tertiary alicyclic amines) is 2. The van der Waals surface area contributed by atoms with Gasteiger partial charge in [-0.3, -0.25) is 4.79 Å². The normalized spacial score (nSPS) is 27.6. The second-order valence-corrected chi connectivity index (χ2v) is 10.7. The summed E-state index contributed by atoms with van der Waals surface area (Å²) in [5.74, 6) is 1.60. The van der Waals surface area contributed by atoms with Crippen molar-refractivity contribution in [2.45, 2.75) is 44.3 Å². The minimum absolute atomic E-state index is 0.108. The highest BCUT2D eigenvalue weighted by Gasteiger charge is 2.62. The number of hydrogen-bond donors (Lipinski definition) is 0. The van der Waals surface area contributed by atoms with E-state index in [1.54, 1.807) is 17.9 Å². The molecule has 1 spiro atoms. The van der Waals surface area contributed by atoms with E-state index in [2.05, 4.69) is 4.90 Å². The van der Waals surface area contributed by atoms with Crippen molar-refractivity contribution in [3.05, 3.63) is 23.2 Å². The number of piperidine rings is 1. The SMILES string of the molecule is Cc1cc(C(=O)N2CC3(C2)C(CN2CCCCC2)CCS3(=O)=O)c(C)o1. The smallest absolute Gasteiger partial charge is 0.257 e. The molecule has 0 radical (unpaired) electrons. The fourth-order valence-electron chi connectivity index (χ4n) is 4.94. The van der Waals surface area contributed by atoms with Crippen LogP contribution >= 0.6 is 0 Å². The van der Waals surface area contributed by atoms with Crippen molar-refractivity contribution in [3.63, 3.8) is 0 Å². The van der Waals surface area contributed by atoms with Crippen LogP contribution < -0.4 is 0 Å². The van der Waals surface area contributed by atoms with Gasteiger partial charge in [-0.1, -0.05) is 6.42 Å². The van der Waals surface area contributed by atoms with Gasteiger partial charge in [-0.05, 0) is 58.2 Å². The molecule has 1 atom stereocenters. The number of hydrogen-bond acceptors (Lipinski definition) is 5. The zero-order valence-corrected chi connectivity index (χ0v) is 16.5. The molecule has 1 unspecified atom stereocenters. The number of nitrogens with zero attached hydrogens (tertiary/aromatic N) is 2. The van der Waals surface area contributed by atoms with Gasteiger partial charge in [-0.15, -0.1) is 0 Å². The molecule has 0 N–H and O–H groups in total. The molecule has 144 valence electrons. The molecule has 3 aliphatic rings. The van der Waals surface area contributed by atoms with Gasteiger partial charge in [0.25, 0.3) is 5.91 Å². The Kier molecular flexibility index (Phi) is 4.42. The van der Waals surface area contributed by atoms with E-state index in [1.807, 2.05) is 6.92 Å². The van der Waals surface area contributed by atoms with Crippen LogP contribution in [0.5, 0.6) is 0 Å². The average molecular weight is 381 g/mol. The van der Waals surface area contributed by atoms with Crippen molar-refractivity contribution in [1.29, 1.82) is 0 Å². The molecule has 4 heterocycles. The molecule has 0 saturated carbocycles. The molecule has 1 amide bonds. The highest BCUT2D eigenvalue weighted by atomic mass is 32.2. The van der Waals surface area contributed by atoms with E-state index in [0.717, 1.165) is 26.1 Å². The maximum Gasteiger partial charge on any atom is 0.257 e. The molecule has 1 aromatic heterocycles. The molecular formula is C19H28N2O4S. The van der Waals surface area contributed by atoms with Crippen LogP contribution in [-0.2, 0) is 9.84 Å². The number of carbonyl (C=O) groups is 1. The summed E-state index contributed by atoms with van der Waals surface area (Å²) in [6.07, 6.45) is 4.41. The van der Waals surface area contributed by atoms with Crippen LogP contribution in [0.2, 0.25) is 0 Å². The fraction of sp³-hybridized carbons (Fsp3) is 0.737. The quantitative estimate of drug-likeness (QED) is 0.802. The standard InChI is InChI=1S/C19H28N2O4S/c1-14-10-17(15(2)25-14)18(22)21-12-19(13-21)16(6-9-26(19,23)24)11-20-7-4-3-5-8-20/h10,16H,3-9,11-13H2,1-2H3. The van der Waals surface area contributed by atoms with Crippen LogP contribution in [0, 0.1) is 19.8 Å². The summed E-state index contributed by atoms with van der Waals surface area (Å²) in [5.41, 5.74) is 0.556. The number of amides is 1. The summed E-state index contributed by atoms with van der Waals surface area (Å²) in [4.78, 5) is 16.9. The van der Waals surface area contributed by atoms with Crippen LogP contribution in [0.3, 0.4) is 0 Å². The number of furan rings is 1. The lowest BCUT2D eigenvalue weighted by Crippen LogP contribution is -2.69. The Hall–Kier alpha value is -1.34. The largest absolute Gasteiger partial charge is 0.466 e. The molecule has 4 rings (SSSR count). The molecule has 3 aliphatic heterocycles. The highest BCUT2D eigenvalue weighted by molar-refractivity contribution is 7.93. The van der Waals surface area contributed by atoms with Crippen LogP contribution in [0.1, 0.15) is 47.6 Å². The van der Waals surface area contributed by atoms with E-state index in [4.69, 9.17) is 4.42 Å². The lowest BCUT2D eigenvalue weighted by atomic mass is 9.82. The van der Waals surface area contributed by atoms with E-state index in [0.29, 0.717) is 30.2 Å². The number of carbonyl (C=O) groups excluding carboxylic acids is 1. The summed E-state index contributed by atoms with van der Waals surface area (Å²) in [6.45, 7) is 7.25. The minimum atomic E-state index is -3.15. The van der Waals surface area contributed by atoms with Crippen molar-refractivity contribution >= 4 is 15.7 Å². The maximum atomic E-state index is 12.8. The Balaban J connectivity index is 1.49. The second-order valence-electron chi connectivity index (χ2n) is 8.22. The Morgan fingerprint density at radius 2 is 1.92 bits per heavy atom. The monoisotopic (exact) mass is 380 g/mol. The summed E-state index contributed by atoms with van der Waals surface area (Å²) in [7, 11) is -3.15. The topological polar surface area (TPSA) is 70.8 Å². The van der Waals surface area contributed by atoms with E-state index in [1.165, 1.54) is 19.3 Å². The third-order valence-electron chi connectivity index (χ3n) is 6.50. The molecule has 3 saturated heterocycles. The molecule has 0 bridgehead atoms. The van der Waals surface area contributed by atoms with Crippen LogP contribution in [0.25, 0.3) is 0 Å². The first-order chi connectivity index (χ1) is 12.3. The molecule has 0 aliphatic carbocycles. The Morgan fingerprint density at radius 3 is 2.54 bits per heavy atom. The van der Waals surface area contributed by atoms with Crippen molar-refractivity contribution in [2.24, 2.45) is 5.92 Å². The van der Waals surface area contributed by atoms with Crippen molar-refractivity contribution in [1.82, 2.24) is 9.80 Å². The lowest BCUT2D eigenvalue weighted by molar-refractivity contribution is 0.0410. The van der Waals surface area contributed by atoms with E-state index in [-0.39, 0.29) is 17.6 Å². The molecule has 0 aromatic carbocycles. The van der Waals surface area contributed by atoms with E-state index < -0.39 is 14.6 Å². The summed E-state index contributed by atoms with van der Waals surface area (Å²) < 4.78 is 30.4. The third-order valence-corrected chi connectivity index (χ3v) is 9.10. The van der Waals surface area contributed by atoms with Crippen LogP contribution in [-0.4, -0.2) is 67.3 Å². The first-order valence-electron chi connectivity index (χ1n) is 9.63. The van der Waals surface area contributed by atoms with Gasteiger partial charge in [0, 0.05) is 19.6 Å². The highest BCUT2D eigenvalue weighted by Crippen LogP contribution is 2.45. The van der Waals surface area contributed by atoms with E-state index in [9.17, 15) is 13.2 Å². The zero-order chi connectivity index (χ0) is 18.5. The minimum Gasteiger partial charge on any atom is -0.466 e. The average Bonchev–Trinajstić information content (AvgIpc) is 3.02. The lowest BCUT2D eigenvalue weighted by Gasteiger charge is -2.50. The number of sulfone groups is 1. The van der Waals surface area contributed by atoms with Gasteiger partial charge in [0.05, 0.1) is 11.3 Å². The van der Waals surface area contributed by atoms with Gasteiger partial charge in [0.1, 0.15) is 16.3 Å². The molecule has 3 fully saturated rings. The van der Waals surface area contributed by atoms with Crippen molar-refractivity contribution in [3.8, 4) is 0 Å². The van der Waals surface area contributed by atoms with Gasteiger partial charge < -0.3 is 14.2 Å². The van der Waals surface area contributed by atoms with Crippen LogP contribution in [0.4, 0.5) is 0 Å². The van der Waals surface area contributed by atoms with E-state index >= 15 is 0 Å². The van der Waals surface area contributed by atoms with Gasteiger partial charge in [0.2, 0.25) is 0 Å². The predicted octanol–water partition coefficient (Wildman–Crippen LogP) is 2.01. The van der Waals surface area contributed by atoms with Gasteiger partial charge >= 0.3 is 0 Å². The molecule has 1 aromatic rings. The zero-order valence-electron chi connectivity index (χ0n) is 15.7. The summed E-state index contributed by atoms with van der Waals surface area (Å²) in [5, 5.41) is 0. The third kappa shape index (κ3) is 2.80. The van der Waals surface area contributed by atoms with Gasteiger partial charge in [-0.2, -0.15) is 0 Å². The summed E-state index contributed by atoms with van der Waals surface area (Å²) >= 11 is 0. The fourth-order valence-corrected chi connectivity index (χ4v) is 7.35. The van der Waals surface area contributed by atoms with Crippen molar-refractivity contribution in [2.75, 3.05) is 38.5 Å². The molecule has 26 heavy (non-hydrogen) atoms. The Labute approximate surface area is 155 Å². The Morgan fingerprint density at radius 1 is 1.23 bits per heavy atom. The summed E-state index contributed by atoms with van der Waals surface area (Å²) in [6, 6.07) is 1.75. The second kappa shape index (κ2) is 6.37. The predicted molar refractivity (Wildman–Crippen MR) is 99.0 cm³/mol.